The molecule has 1 heterocycles. The lowest BCUT2D eigenvalue weighted by Gasteiger charge is -2.20. The Morgan fingerprint density at radius 2 is 1.92 bits per heavy atom. The summed E-state index contributed by atoms with van der Waals surface area (Å²) in [6.45, 7) is 8.39. The molecule has 1 aromatic heterocycles. The number of anilines is 1. The maximum atomic E-state index is 4.53. The number of pyridine rings is 1. The molecule has 0 bridgehead atoms. The van der Waals surface area contributed by atoms with Crippen LogP contribution in [-0.2, 0) is 0 Å². The van der Waals surface area contributed by atoms with Crippen LogP contribution in [0, 0.1) is 10.5 Å². The molecule has 0 radical (unpaired) electrons. The molecular formula is C10H15IN2. The third kappa shape index (κ3) is 2.56. The van der Waals surface area contributed by atoms with Crippen LogP contribution < -0.4 is 4.90 Å². The number of hydrogen-bond acceptors (Lipinski definition) is 2. The molecule has 0 spiro atoms. The van der Waals surface area contributed by atoms with Crippen molar-refractivity contribution in [1.82, 2.24) is 4.98 Å². The van der Waals surface area contributed by atoms with Gasteiger partial charge in [0.2, 0.25) is 0 Å². The van der Waals surface area contributed by atoms with Crippen LogP contribution >= 0.6 is 22.6 Å². The highest BCUT2D eigenvalue weighted by molar-refractivity contribution is 14.1. The van der Waals surface area contributed by atoms with Gasteiger partial charge in [0.25, 0.3) is 0 Å². The maximum absolute atomic E-state index is 4.53. The molecule has 0 fully saturated rings. The van der Waals surface area contributed by atoms with Gasteiger partial charge in [0.1, 0.15) is 5.82 Å². The first-order chi connectivity index (χ1) is 6.19. The van der Waals surface area contributed by atoms with Crippen molar-refractivity contribution < 1.29 is 0 Å². The minimum atomic E-state index is 1.02. The van der Waals surface area contributed by atoms with Crippen molar-refractivity contribution in [2.45, 2.75) is 20.8 Å². The average molecular weight is 290 g/mol. The lowest BCUT2D eigenvalue weighted by Crippen LogP contribution is -2.23. The topological polar surface area (TPSA) is 16.1 Å². The highest BCUT2D eigenvalue weighted by Crippen LogP contribution is 2.15. The van der Waals surface area contributed by atoms with E-state index in [4.69, 9.17) is 0 Å². The summed E-state index contributed by atoms with van der Waals surface area (Å²) in [4.78, 5) is 6.79. The predicted molar refractivity (Wildman–Crippen MR) is 65.3 cm³/mol. The van der Waals surface area contributed by atoms with Crippen molar-refractivity contribution in [3.63, 3.8) is 0 Å². The first-order valence-electron chi connectivity index (χ1n) is 4.57. The van der Waals surface area contributed by atoms with Gasteiger partial charge >= 0.3 is 0 Å². The molecule has 0 aromatic carbocycles. The van der Waals surface area contributed by atoms with E-state index in [0.717, 1.165) is 24.6 Å². The summed E-state index contributed by atoms with van der Waals surface area (Å²) in [7, 11) is 0. The molecule has 1 aromatic rings. The molecule has 0 unspecified atom stereocenters. The Balaban J connectivity index is 2.95. The number of aryl methyl sites for hydroxylation is 1. The van der Waals surface area contributed by atoms with Crippen LogP contribution in [0.25, 0.3) is 0 Å². The van der Waals surface area contributed by atoms with E-state index in [1.54, 1.807) is 0 Å². The number of rotatable bonds is 3. The molecule has 0 atom stereocenters. The summed E-state index contributed by atoms with van der Waals surface area (Å²) in [6.07, 6.45) is 0. The molecule has 0 N–H and O–H groups in total. The Hall–Kier alpha value is -0.320. The largest absolute Gasteiger partial charge is 0.357 e. The van der Waals surface area contributed by atoms with E-state index in [2.05, 4.69) is 65.4 Å². The minimum Gasteiger partial charge on any atom is -0.357 e. The van der Waals surface area contributed by atoms with Gasteiger partial charge in [0, 0.05) is 16.7 Å². The fourth-order valence-electron chi connectivity index (χ4n) is 1.25. The van der Waals surface area contributed by atoms with Gasteiger partial charge in [-0.3, -0.25) is 0 Å². The zero-order valence-corrected chi connectivity index (χ0v) is 10.5. The van der Waals surface area contributed by atoms with Crippen LogP contribution in [0.15, 0.2) is 12.1 Å². The molecule has 3 heteroatoms. The number of aromatic nitrogens is 1. The third-order valence-electron chi connectivity index (χ3n) is 2.09. The Labute approximate surface area is 93.5 Å². The molecule has 13 heavy (non-hydrogen) atoms. The van der Waals surface area contributed by atoms with E-state index in [0.29, 0.717) is 0 Å². The van der Waals surface area contributed by atoms with Gasteiger partial charge in [0.15, 0.2) is 0 Å². The summed E-state index contributed by atoms with van der Waals surface area (Å²) >= 11 is 2.31. The van der Waals surface area contributed by atoms with Crippen molar-refractivity contribution in [3.8, 4) is 0 Å². The van der Waals surface area contributed by atoms with Crippen LogP contribution in [-0.4, -0.2) is 18.1 Å². The SMILES string of the molecule is CCN(CC)c1ccc(I)c(C)n1. The molecule has 0 aliphatic carbocycles. The lowest BCUT2D eigenvalue weighted by atomic mass is 10.3. The molecule has 0 aliphatic heterocycles. The number of halogens is 1. The Kier molecular flexibility index (Phi) is 3.96. The van der Waals surface area contributed by atoms with Gasteiger partial charge in [0.05, 0.1) is 5.69 Å². The second-order valence-electron chi connectivity index (χ2n) is 2.91. The lowest BCUT2D eigenvalue weighted by molar-refractivity contribution is 0.841. The van der Waals surface area contributed by atoms with Crippen LogP contribution in [0.1, 0.15) is 19.5 Å². The van der Waals surface area contributed by atoms with E-state index in [1.165, 1.54) is 3.57 Å². The number of hydrogen-bond donors (Lipinski definition) is 0. The van der Waals surface area contributed by atoms with Gasteiger partial charge in [-0.2, -0.15) is 0 Å². The molecule has 0 saturated carbocycles. The summed E-state index contributed by atoms with van der Waals surface area (Å²) in [5.41, 5.74) is 1.12. The molecule has 72 valence electrons. The molecule has 0 saturated heterocycles. The first-order valence-corrected chi connectivity index (χ1v) is 5.65. The standard InChI is InChI=1S/C10H15IN2/c1-4-13(5-2)10-7-6-9(11)8(3)12-10/h6-7H,4-5H2,1-3H3. The second-order valence-corrected chi connectivity index (χ2v) is 4.07. The summed E-state index contributed by atoms with van der Waals surface area (Å²) < 4.78 is 1.23. The van der Waals surface area contributed by atoms with E-state index in [9.17, 15) is 0 Å². The van der Waals surface area contributed by atoms with E-state index >= 15 is 0 Å². The third-order valence-corrected chi connectivity index (χ3v) is 3.23. The van der Waals surface area contributed by atoms with E-state index in [-0.39, 0.29) is 0 Å². The fourth-order valence-corrected chi connectivity index (χ4v) is 1.55. The predicted octanol–water partition coefficient (Wildman–Crippen LogP) is 2.84. The van der Waals surface area contributed by atoms with Gasteiger partial charge < -0.3 is 4.90 Å². The molecule has 1 rings (SSSR count). The molecular weight excluding hydrogens is 275 g/mol. The summed E-state index contributed by atoms with van der Waals surface area (Å²) in [6, 6.07) is 4.21. The van der Waals surface area contributed by atoms with Crippen molar-refractivity contribution in [2.24, 2.45) is 0 Å². The van der Waals surface area contributed by atoms with Gasteiger partial charge in [-0.05, 0) is 55.5 Å². The molecule has 0 aliphatic rings. The highest BCUT2D eigenvalue weighted by Gasteiger charge is 2.04. The van der Waals surface area contributed by atoms with Crippen LogP contribution in [0.5, 0.6) is 0 Å². The smallest absolute Gasteiger partial charge is 0.128 e. The van der Waals surface area contributed by atoms with Crippen LogP contribution in [0.3, 0.4) is 0 Å². The van der Waals surface area contributed by atoms with Gasteiger partial charge in [-0.15, -0.1) is 0 Å². The second kappa shape index (κ2) is 4.79. The zero-order chi connectivity index (χ0) is 9.84. The normalized spacial score (nSPS) is 10.2. The average Bonchev–Trinajstić information content (AvgIpc) is 2.13. The Morgan fingerprint density at radius 3 is 2.38 bits per heavy atom. The van der Waals surface area contributed by atoms with Gasteiger partial charge in [-0.1, -0.05) is 0 Å². The van der Waals surface area contributed by atoms with Gasteiger partial charge in [-0.25, -0.2) is 4.98 Å². The quantitative estimate of drug-likeness (QED) is 0.796. The maximum Gasteiger partial charge on any atom is 0.128 e. The molecule has 2 nitrogen and oxygen atoms in total. The van der Waals surface area contributed by atoms with Crippen molar-refractivity contribution >= 4 is 28.4 Å². The number of nitrogens with zero attached hydrogens (tertiary/aromatic N) is 2. The van der Waals surface area contributed by atoms with Crippen LogP contribution in [0.4, 0.5) is 5.82 Å². The highest BCUT2D eigenvalue weighted by atomic mass is 127. The molecule has 0 amide bonds. The fraction of sp³-hybridized carbons (Fsp3) is 0.500. The van der Waals surface area contributed by atoms with Crippen molar-refractivity contribution in [2.75, 3.05) is 18.0 Å². The van der Waals surface area contributed by atoms with Crippen molar-refractivity contribution in [3.05, 3.63) is 21.4 Å². The van der Waals surface area contributed by atoms with Crippen molar-refractivity contribution in [1.29, 1.82) is 0 Å². The van der Waals surface area contributed by atoms with Crippen LogP contribution in [0.2, 0.25) is 0 Å². The summed E-state index contributed by atoms with van der Waals surface area (Å²) in [5.74, 6) is 1.09. The van der Waals surface area contributed by atoms with E-state index < -0.39 is 0 Å². The first kappa shape index (κ1) is 10.8. The Bertz CT molecular complexity index is 282. The minimum absolute atomic E-state index is 1.02. The van der Waals surface area contributed by atoms with E-state index in [1.807, 2.05) is 0 Å². The zero-order valence-electron chi connectivity index (χ0n) is 8.34. The Morgan fingerprint density at radius 1 is 1.31 bits per heavy atom. The summed E-state index contributed by atoms with van der Waals surface area (Å²) in [5, 5.41) is 0. The monoisotopic (exact) mass is 290 g/mol.